The minimum absolute atomic E-state index is 0.136. The van der Waals surface area contributed by atoms with E-state index >= 15 is 0 Å². The van der Waals surface area contributed by atoms with Gasteiger partial charge >= 0.3 is 0 Å². The molecule has 1 aliphatic rings. The molecule has 5 nitrogen and oxygen atoms in total. The predicted octanol–water partition coefficient (Wildman–Crippen LogP) is 2.26. The highest BCUT2D eigenvalue weighted by Gasteiger charge is 2.32. The number of rotatable bonds is 4. The van der Waals surface area contributed by atoms with Crippen LogP contribution >= 0.6 is 0 Å². The zero-order chi connectivity index (χ0) is 14.9. The molecule has 0 bridgehead atoms. The van der Waals surface area contributed by atoms with Crippen LogP contribution in [0.4, 0.5) is 0 Å². The van der Waals surface area contributed by atoms with Gasteiger partial charge in [0.05, 0.1) is 0 Å². The van der Waals surface area contributed by atoms with Gasteiger partial charge in [0.1, 0.15) is 5.76 Å². The molecular formula is C15H25N3O2. The number of carbonyl (C=O) groups excluding carboxylic acids is 1. The highest BCUT2D eigenvalue weighted by molar-refractivity contribution is 5.92. The molecule has 20 heavy (non-hydrogen) atoms. The summed E-state index contributed by atoms with van der Waals surface area (Å²) in [7, 11) is 0. The molecular weight excluding hydrogens is 254 g/mol. The van der Waals surface area contributed by atoms with Crippen LogP contribution in [0.25, 0.3) is 0 Å². The lowest BCUT2D eigenvalue weighted by atomic mass is 10.1. The summed E-state index contributed by atoms with van der Waals surface area (Å²) in [5.74, 6) is 1.31. The highest BCUT2D eigenvalue weighted by atomic mass is 16.5. The van der Waals surface area contributed by atoms with Crippen molar-refractivity contribution in [3.05, 3.63) is 17.5 Å². The van der Waals surface area contributed by atoms with Crippen molar-refractivity contribution in [2.75, 3.05) is 13.1 Å². The smallest absolute Gasteiger partial charge is 0.273 e. The second kappa shape index (κ2) is 5.95. The molecule has 1 aromatic rings. The predicted molar refractivity (Wildman–Crippen MR) is 77.7 cm³/mol. The van der Waals surface area contributed by atoms with E-state index in [1.807, 2.05) is 13.8 Å². The summed E-state index contributed by atoms with van der Waals surface area (Å²) in [5.41, 5.74) is 0.379. The topological polar surface area (TPSA) is 58.4 Å². The largest absolute Gasteiger partial charge is 0.360 e. The molecule has 2 heterocycles. The number of amides is 1. The van der Waals surface area contributed by atoms with Crippen LogP contribution in [0.3, 0.4) is 0 Å². The van der Waals surface area contributed by atoms with E-state index in [-0.39, 0.29) is 17.9 Å². The molecule has 5 heteroatoms. The van der Waals surface area contributed by atoms with Crippen LogP contribution < -0.4 is 5.32 Å². The third-order valence-electron chi connectivity index (χ3n) is 4.02. The number of likely N-dealkylation sites (tertiary alicyclic amines) is 1. The Balaban J connectivity index is 1.97. The van der Waals surface area contributed by atoms with E-state index in [9.17, 15) is 4.79 Å². The van der Waals surface area contributed by atoms with Crippen LogP contribution in [0, 0.1) is 5.92 Å². The summed E-state index contributed by atoms with van der Waals surface area (Å²) >= 11 is 0. The number of nitrogens with one attached hydrogen (secondary N) is 1. The maximum atomic E-state index is 12.2. The Hall–Kier alpha value is -1.36. The van der Waals surface area contributed by atoms with Gasteiger partial charge in [-0.1, -0.05) is 25.9 Å². The van der Waals surface area contributed by atoms with E-state index in [1.165, 1.54) is 0 Å². The zero-order valence-corrected chi connectivity index (χ0v) is 13.0. The lowest BCUT2D eigenvalue weighted by Crippen LogP contribution is -2.40. The van der Waals surface area contributed by atoms with Crippen molar-refractivity contribution in [2.45, 2.75) is 52.6 Å². The van der Waals surface area contributed by atoms with E-state index in [0.717, 1.165) is 18.8 Å². The summed E-state index contributed by atoms with van der Waals surface area (Å²) < 4.78 is 5.18. The van der Waals surface area contributed by atoms with Crippen molar-refractivity contribution < 1.29 is 9.32 Å². The number of hydrogen-bond donors (Lipinski definition) is 1. The van der Waals surface area contributed by atoms with E-state index < -0.39 is 0 Å². The summed E-state index contributed by atoms with van der Waals surface area (Å²) in [6.45, 7) is 12.5. The Kier molecular flexibility index (Phi) is 4.48. The summed E-state index contributed by atoms with van der Waals surface area (Å²) in [5, 5.41) is 6.94. The molecule has 1 N–H and O–H groups in total. The molecule has 2 atom stereocenters. The fraction of sp³-hybridized carbons (Fsp3) is 0.733. The number of aromatic nitrogens is 1. The highest BCUT2D eigenvalue weighted by Crippen LogP contribution is 2.20. The Morgan fingerprint density at radius 2 is 2.10 bits per heavy atom. The number of hydrogen-bond acceptors (Lipinski definition) is 4. The van der Waals surface area contributed by atoms with Crippen LogP contribution in [0.2, 0.25) is 0 Å². The first-order valence-electron chi connectivity index (χ1n) is 7.40. The van der Waals surface area contributed by atoms with E-state index in [4.69, 9.17) is 4.52 Å². The van der Waals surface area contributed by atoms with E-state index in [0.29, 0.717) is 17.7 Å². The quantitative estimate of drug-likeness (QED) is 0.918. The maximum Gasteiger partial charge on any atom is 0.273 e. The maximum absolute atomic E-state index is 12.2. The molecule has 1 amide bonds. The number of nitrogens with zero attached hydrogens (tertiary/aromatic N) is 2. The zero-order valence-electron chi connectivity index (χ0n) is 13.0. The molecule has 2 rings (SSSR count). The third-order valence-corrected chi connectivity index (χ3v) is 4.02. The van der Waals surface area contributed by atoms with Crippen LogP contribution in [0.1, 0.15) is 56.8 Å². The molecule has 0 spiro atoms. The summed E-state index contributed by atoms with van der Waals surface area (Å²) in [6, 6.07) is 2.43. The fourth-order valence-corrected chi connectivity index (χ4v) is 2.52. The first-order valence-corrected chi connectivity index (χ1v) is 7.40. The van der Waals surface area contributed by atoms with Gasteiger partial charge in [-0.15, -0.1) is 0 Å². The van der Waals surface area contributed by atoms with Crippen LogP contribution in [-0.2, 0) is 0 Å². The second-order valence-electron chi connectivity index (χ2n) is 6.37. The molecule has 1 fully saturated rings. The van der Waals surface area contributed by atoms with Gasteiger partial charge in [0, 0.05) is 37.2 Å². The molecule has 0 radical (unpaired) electrons. The summed E-state index contributed by atoms with van der Waals surface area (Å²) in [6.07, 6.45) is 0. The first kappa shape index (κ1) is 15.0. The van der Waals surface area contributed by atoms with Crippen LogP contribution in [-0.4, -0.2) is 41.1 Å². The second-order valence-corrected chi connectivity index (χ2v) is 6.37. The normalized spacial score (nSPS) is 23.8. The van der Waals surface area contributed by atoms with Crippen molar-refractivity contribution in [2.24, 2.45) is 5.92 Å². The molecule has 112 valence electrons. The van der Waals surface area contributed by atoms with Gasteiger partial charge < -0.3 is 9.84 Å². The SMILES string of the molecule is CC(C)c1cc(C(=O)N[C@H]2CN(C(C)C)C[C@@H]2C)no1. The lowest BCUT2D eigenvalue weighted by Gasteiger charge is -2.20. The average molecular weight is 279 g/mol. The van der Waals surface area contributed by atoms with Gasteiger partial charge in [0.25, 0.3) is 5.91 Å². The van der Waals surface area contributed by atoms with E-state index in [2.05, 4.69) is 36.1 Å². The Bertz CT molecular complexity index is 467. The van der Waals surface area contributed by atoms with Crippen LogP contribution in [0.15, 0.2) is 10.6 Å². The molecule has 1 aliphatic heterocycles. The van der Waals surface area contributed by atoms with Gasteiger partial charge in [-0.3, -0.25) is 9.69 Å². The van der Waals surface area contributed by atoms with Gasteiger partial charge in [-0.25, -0.2) is 0 Å². The molecule has 1 aromatic heterocycles. The monoisotopic (exact) mass is 279 g/mol. The Morgan fingerprint density at radius 1 is 1.40 bits per heavy atom. The molecule has 0 saturated carbocycles. The van der Waals surface area contributed by atoms with Crippen molar-refractivity contribution in [1.29, 1.82) is 0 Å². The summed E-state index contributed by atoms with van der Waals surface area (Å²) in [4.78, 5) is 14.6. The lowest BCUT2D eigenvalue weighted by molar-refractivity contribution is 0.0921. The molecule has 0 aliphatic carbocycles. The standard InChI is InChI=1S/C15H25N3O2/c1-9(2)14-6-12(17-20-14)15(19)16-13-8-18(10(3)4)7-11(13)5/h6,9-11,13H,7-8H2,1-5H3,(H,16,19)/t11-,13-/m0/s1. The van der Waals surface area contributed by atoms with Crippen molar-refractivity contribution >= 4 is 5.91 Å². The van der Waals surface area contributed by atoms with Crippen molar-refractivity contribution in [3.63, 3.8) is 0 Å². The van der Waals surface area contributed by atoms with Crippen molar-refractivity contribution in [1.82, 2.24) is 15.4 Å². The molecule has 0 unspecified atom stereocenters. The number of carbonyl (C=O) groups is 1. The fourth-order valence-electron chi connectivity index (χ4n) is 2.52. The Labute approximate surface area is 120 Å². The molecule has 1 saturated heterocycles. The van der Waals surface area contributed by atoms with Gasteiger partial charge in [-0.2, -0.15) is 0 Å². The van der Waals surface area contributed by atoms with Gasteiger partial charge in [0.15, 0.2) is 5.69 Å². The minimum atomic E-state index is -0.136. The van der Waals surface area contributed by atoms with Crippen molar-refractivity contribution in [3.8, 4) is 0 Å². The third kappa shape index (κ3) is 3.20. The van der Waals surface area contributed by atoms with Gasteiger partial charge in [-0.05, 0) is 19.8 Å². The molecule has 0 aromatic carbocycles. The van der Waals surface area contributed by atoms with E-state index in [1.54, 1.807) is 6.07 Å². The Morgan fingerprint density at radius 3 is 2.60 bits per heavy atom. The minimum Gasteiger partial charge on any atom is -0.360 e. The van der Waals surface area contributed by atoms with Crippen LogP contribution in [0.5, 0.6) is 0 Å². The first-order chi connectivity index (χ1) is 9.38. The average Bonchev–Trinajstić information content (AvgIpc) is 2.97. The van der Waals surface area contributed by atoms with Gasteiger partial charge in [0.2, 0.25) is 0 Å².